The Morgan fingerprint density at radius 2 is 1.68 bits per heavy atom. The second kappa shape index (κ2) is 12.8. The summed E-state index contributed by atoms with van der Waals surface area (Å²) in [6.45, 7) is 4.48. The highest BCUT2D eigenvalue weighted by Gasteiger charge is 2.14. The summed E-state index contributed by atoms with van der Waals surface area (Å²) in [5, 5.41) is 17.4. The van der Waals surface area contributed by atoms with E-state index in [1.807, 2.05) is 0 Å². The lowest BCUT2D eigenvalue weighted by Gasteiger charge is -2.19. The van der Waals surface area contributed by atoms with Crippen molar-refractivity contribution in [2.75, 3.05) is 26.6 Å². The smallest absolute Gasteiger partial charge is 0.269 e. The summed E-state index contributed by atoms with van der Waals surface area (Å²) < 4.78 is 16.2. The van der Waals surface area contributed by atoms with Crippen LogP contribution in [0.4, 0.5) is 11.4 Å². The van der Waals surface area contributed by atoms with Crippen molar-refractivity contribution in [2.24, 2.45) is 4.99 Å². The number of nitrogens with one attached hydrogen (secondary N) is 2. The zero-order valence-electron chi connectivity index (χ0n) is 18.3. The van der Waals surface area contributed by atoms with E-state index in [9.17, 15) is 10.1 Å². The highest BCUT2D eigenvalue weighted by atomic mass is 127. The van der Waals surface area contributed by atoms with Crippen molar-refractivity contribution >= 4 is 41.3 Å². The van der Waals surface area contributed by atoms with Gasteiger partial charge in [0.25, 0.3) is 5.69 Å². The fourth-order valence-electron chi connectivity index (χ4n) is 2.64. The molecule has 0 aliphatic carbocycles. The first kappa shape index (κ1) is 26.3. The van der Waals surface area contributed by atoms with Crippen molar-refractivity contribution in [1.29, 1.82) is 0 Å². The van der Waals surface area contributed by atoms with Crippen LogP contribution in [0.1, 0.15) is 25.8 Å². The van der Waals surface area contributed by atoms with Crippen molar-refractivity contribution in [3.05, 3.63) is 52.1 Å². The molecule has 0 bridgehead atoms. The normalized spacial score (nSPS) is 11.7. The molecule has 1 atom stereocenters. The lowest BCUT2D eigenvalue weighted by Crippen LogP contribution is -2.37. The molecular formula is C21H29IN4O5. The number of hydrogen-bond acceptors (Lipinski definition) is 6. The lowest BCUT2D eigenvalue weighted by atomic mass is 10.2. The Labute approximate surface area is 199 Å². The van der Waals surface area contributed by atoms with E-state index < -0.39 is 4.92 Å². The molecule has 0 aliphatic heterocycles. The fraction of sp³-hybridized carbons (Fsp3) is 0.381. The van der Waals surface area contributed by atoms with Gasteiger partial charge in [0, 0.05) is 36.0 Å². The molecule has 0 aliphatic rings. The van der Waals surface area contributed by atoms with Crippen LogP contribution in [0.5, 0.6) is 17.2 Å². The van der Waals surface area contributed by atoms with Gasteiger partial charge in [-0.25, -0.2) is 4.99 Å². The largest absolute Gasteiger partial charge is 0.493 e. The van der Waals surface area contributed by atoms with E-state index in [1.54, 1.807) is 45.6 Å². The van der Waals surface area contributed by atoms with Crippen LogP contribution in [0, 0.1) is 10.1 Å². The molecule has 0 spiro atoms. The van der Waals surface area contributed by atoms with Gasteiger partial charge in [-0.05, 0) is 18.9 Å². The van der Waals surface area contributed by atoms with E-state index in [2.05, 4.69) is 29.5 Å². The third-order valence-corrected chi connectivity index (χ3v) is 4.49. The van der Waals surface area contributed by atoms with Crippen LogP contribution in [-0.4, -0.2) is 38.3 Å². The van der Waals surface area contributed by atoms with Gasteiger partial charge in [-0.2, -0.15) is 0 Å². The Bertz CT molecular complexity index is 865. The second-order valence-electron chi connectivity index (χ2n) is 6.58. The highest BCUT2D eigenvalue weighted by Crippen LogP contribution is 2.39. The van der Waals surface area contributed by atoms with Gasteiger partial charge in [0.05, 0.1) is 32.8 Å². The zero-order chi connectivity index (χ0) is 22.1. The molecule has 0 saturated heterocycles. The summed E-state index contributed by atoms with van der Waals surface area (Å²) in [5.74, 6) is 2.12. The first-order valence-corrected chi connectivity index (χ1v) is 9.53. The predicted molar refractivity (Wildman–Crippen MR) is 132 cm³/mol. The zero-order valence-corrected chi connectivity index (χ0v) is 20.6. The topological polar surface area (TPSA) is 107 Å². The van der Waals surface area contributed by atoms with Crippen molar-refractivity contribution in [2.45, 2.75) is 32.9 Å². The summed E-state index contributed by atoms with van der Waals surface area (Å²) in [4.78, 5) is 15.0. The minimum absolute atomic E-state index is 0. The molecular weight excluding hydrogens is 515 g/mol. The van der Waals surface area contributed by atoms with Crippen LogP contribution in [0.2, 0.25) is 0 Å². The summed E-state index contributed by atoms with van der Waals surface area (Å²) >= 11 is 0. The van der Waals surface area contributed by atoms with Crippen molar-refractivity contribution in [1.82, 2.24) is 5.32 Å². The number of hydrogen-bond donors (Lipinski definition) is 2. The maximum Gasteiger partial charge on any atom is 0.269 e. The van der Waals surface area contributed by atoms with Crippen LogP contribution in [0.15, 0.2) is 41.4 Å². The van der Waals surface area contributed by atoms with E-state index in [4.69, 9.17) is 14.2 Å². The SMILES string of the molecule is CCC(C)NC(=NCc1ccc([N+](=O)[O-])cc1)Nc1cc(OC)c(OC)c(OC)c1.I. The summed E-state index contributed by atoms with van der Waals surface area (Å²) in [6.07, 6.45) is 0.910. The fourth-order valence-corrected chi connectivity index (χ4v) is 2.64. The van der Waals surface area contributed by atoms with Gasteiger partial charge < -0.3 is 24.8 Å². The average molecular weight is 544 g/mol. The van der Waals surface area contributed by atoms with Crippen molar-refractivity contribution in [3.63, 3.8) is 0 Å². The molecule has 0 saturated carbocycles. The van der Waals surface area contributed by atoms with Crippen LogP contribution < -0.4 is 24.8 Å². The molecule has 2 N–H and O–H groups in total. The number of nitro benzene ring substituents is 1. The molecule has 10 heteroatoms. The van der Waals surface area contributed by atoms with Gasteiger partial charge in [-0.15, -0.1) is 24.0 Å². The minimum Gasteiger partial charge on any atom is -0.493 e. The van der Waals surface area contributed by atoms with E-state index in [0.717, 1.165) is 12.0 Å². The van der Waals surface area contributed by atoms with Gasteiger partial charge in [0.15, 0.2) is 17.5 Å². The third-order valence-electron chi connectivity index (χ3n) is 4.49. The number of methoxy groups -OCH3 is 3. The Morgan fingerprint density at radius 1 is 1.10 bits per heavy atom. The van der Waals surface area contributed by atoms with Gasteiger partial charge in [0.2, 0.25) is 5.75 Å². The molecule has 2 aromatic rings. The van der Waals surface area contributed by atoms with Gasteiger partial charge in [0.1, 0.15) is 0 Å². The first-order chi connectivity index (χ1) is 14.4. The molecule has 0 amide bonds. The van der Waals surface area contributed by atoms with Gasteiger partial charge in [-0.1, -0.05) is 19.1 Å². The average Bonchev–Trinajstić information content (AvgIpc) is 2.76. The molecule has 0 radical (unpaired) electrons. The third kappa shape index (κ3) is 7.46. The van der Waals surface area contributed by atoms with Gasteiger partial charge in [-0.3, -0.25) is 10.1 Å². The molecule has 0 fully saturated rings. The number of nitro groups is 1. The molecule has 0 heterocycles. The number of anilines is 1. The van der Waals surface area contributed by atoms with Crippen molar-refractivity contribution in [3.8, 4) is 17.2 Å². The molecule has 31 heavy (non-hydrogen) atoms. The maximum absolute atomic E-state index is 10.8. The Balaban J connectivity index is 0.00000480. The number of rotatable bonds is 9. The quantitative estimate of drug-likeness (QED) is 0.156. The van der Waals surface area contributed by atoms with E-state index in [1.165, 1.54) is 12.1 Å². The van der Waals surface area contributed by atoms with Crippen LogP contribution in [-0.2, 0) is 6.54 Å². The molecule has 170 valence electrons. The summed E-state index contributed by atoms with van der Waals surface area (Å²) in [6, 6.07) is 10.1. The Morgan fingerprint density at radius 3 is 2.13 bits per heavy atom. The van der Waals surface area contributed by atoms with Crippen LogP contribution >= 0.6 is 24.0 Å². The predicted octanol–water partition coefficient (Wildman–Crippen LogP) is 4.59. The number of aliphatic imine (C=N–C) groups is 1. The Kier molecular flexibility index (Phi) is 10.9. The number of guanidine groups is 1. The van der Waals surface area contributed by atoms with Crippen molar-refractivity contribution < 1.29 is 19.1 Å². The molecule has 0 aromatic heterocycles. The molecule has 2 rings (SSSR count). The van der Waals surface area contributed by atoms with Crippen LogP contribution in [0.25, 0.3) is 0 Å². The number of benzene rings is 2. The number of halogens is 1. The maximum atomic E-state index is 10.8. The first-order valence-electron chi connectivity index (χ1n) is 9.53. The molecule has 1 unspecified atom stereocenters. The molecule has 2 aromatic carbocycles. The number of nitrogens with zero attached hydrogens (tertiary/aromatic N) is 2. The number of non-ortho nitro benzene ring substituents is 1. The monoisotopic (exact) mass is 544 g/mol. The highest BCUT2D eigenvalue weighted by molar-refractivity contribution is 14.0. The Hall–Kier alpha value is -2.76. The van der Waals surface area contributed by atoms with E-state index in [-0.39, 0.29) is 35.7 Å². The lowest BCUT2D eigenvalue weighted by molar-refractivity contribution is -0.384. The minimum atomic E-state index is -0.422. The second-order valence-corrected chi connectivity index (χ2v) is 6.58. The number of ether oxygens (including phenoxy) is 3. The summed E-state index contributed by atoms with van der Waals surface area (Å²) in [7, 11) is 4.67. The van der Waals surface area contributed by atoms with Gasteiger partial charge >= 0.3 is 0 Å². The van der Waals surface area contributed by atoms with E-state index >= 15 is 0 Å². The van der Waals surface area contributed by atoms with Crippen LogP contribution in [0.3, 0.4) is 0 Å². The van der Waals surface area contributed by atoms with E-state index in [0.29, 0.717) is 35.4 Å². The standard InChI is InChI=1S/C21H28N4O5.HI/c1-6-14(2)23-21(22-13-15-7-9-17(10-8-15)25(26)27)24-16-11-18(28-3)20(30-5)19(12-16)29-4;/h7-12,14H,6,13H2,1-5H3,(H2,22,23,24);1H. The molecule has 9 nitrogen and oxygen atoms in total. The summed E-state index contributed by atoms with van der Waals surface area (Å²) in [5.41, 5.74) is 1.62.